The average molecular weight is 482 g/mol. The summed E-state index contributed by atoms with van der Waals surface area (Å²) in [7, 11) is 0. The summed E-state index contributed by atoms with van der Waals surface area (Å²) >= 11 is 7.49. The third-order valence-electron chi connectivity index (χ3n) is 5.69. The Morgan fingerprint density at radius 2 is 1.82 bits per heavy atom. The van der Waals surface area contributed by atoms with Crippen molar-refractivity contribution >= 4 is 40.8 Å². The predicted octanol–water partition coefficient (Wildman–Crippen LogP) is 4.48. The summed E-state index contributed by atoms with van der Waals surface area (Å²) in [5.41, 5.74) is 4.81. The largest absolute Gasteiger partial charge is 0.368 e. The molecule has 1 N–H and O–H groups in total. The summed E-state index contributed by atoms with van der Waals surface area (Å²) in [4.78, 5) is 26.0. The smallest absolute Gasteiger partial charge is 0.230 e. The third kappa shape index (κ3) is 6.18. The monoisotopic (exact) mass is 481 g/mol. The van der Waals surface area contributed by atoms with E-state index in [-0.39, 0.29) is 11.7 Å². The van der Waals surface area contributed by atoms with E-state index in [1.54, 1.807) is 6.20 Å². The Balaban J connectivity index is 1.29. The lowest BCUT2D eigenvalue weighted by atomic mass is 10.1. The van der Waals surface area contributed by atoms with Gasteiger partial charge in [0.15, 0.2) is 5.16 Å². The van der Waals surface area contributed by atoms with Crippen molar-refractivity contribution in [2.45, 2.75) is 25.5 Å². The van der Waals surface area contributed by atoms with Crippen molar-refractivity contribution in [3.05, 3.63) is 76.4 Å². The number of piperazine rings is 1. The average Bonchev–Trinajstić information content (AvgIpc) is 2.84. The van der Waals surface area contributed by atoms with Gasteiger partial charge in [0.25, 0.3) is 0 Å². The minimum Gasteiger partial charge on any atom is -0.368 e. The van der Waals surface area contributed by atoms with Gasteiger partial charge in [0.2, 0.25) is 5.91 Å². The van der Waals surface area contributed by atoms with Crippen LogP contribution in [0.2, 0.25) is 5.02 Å². The van der Waals surface area contributed by atoms with Crippen LogP contribution in [0.15, 0.2) is 59.9 Å². The van der Waals surface area contributed by atoms with Crippen LogP contribution in [0.25, 0.3) is 0 Å². The zero-order valence-corrected chi connectivity index (χ0v) is 20.5. The minimum atomic E-state index is -0.0731. The van der Waals surface area contributed by atoms with Gasteiger partial charge >= 0.3 is 0 Å². The van der Waals surface area contributed by atoms with E-state index >= 15 is 0 Å². The number of halogens is 1. The molecule has 0 bridgehead atoms. The Labute approximate surface area is 204 Å². The van der Waals surface area contributed by atoms with Crippen molar-refractivity contribution in [2.24, 2.45) is 0 Å². The second-order valence-corrected chi connectivity index (χ2v) is 9.47. The molecule has 2 aromatic carbocycles. The zero-order valence-electron chi connectivity index (χ0n) is 18.9. The number of aromatic nitrogens is 2. The molecule has 2 heterocycles. The van der Waals surface area contributed by atoms with Crippen LogP contribution in [-0.2, 0) is 11.3 Å². The van der Waals surface area contributed by atoms with Crippen molar-refractivity contribution in [3.63, 3.8) is 0 Å². The molecule has 1 aliphatic heterocycles. The van der Waals surface area contributed by atoms with Gasteiger partial charge in [-0.15, -0.1) is 0 Å². The number of hydrogen-bond acceptors (Lipinski definition) is 6. The minimum absolute atomic E-state index is 0.0731. The number of thioether (sulfide) groups is 1. The van der Waals surface area contributed by atoms with E-state index in [1.807, 2.05) is 30.3 Å². The van der Waals surface area contributed by atoms with Crippen LogP contribution in [-0.4, -0.2) is 47.8 Å². The number of carbonyl (C=O) groups is 1. The maximum atomic E-state index is 12.3. The van der Waals surface area contributed by atoms with Gasteiger partial charge in [-0.3, -0.25) is 4.79 Å². The summed E-state index contributed by atoms with van der Waals surface area (Å²) in [5, 5.41) is 4.16. The number of benzene rings is 2. The van der Waals surface area contributed by atoms with Crippen LogP contribution in [0.5, 0.6) is 0 Å². The molecule has 0 aliphatic carbocycles. The van der Waals surface area contributed by atoms with E-state index in [0.717, 1.165) is 37.6 Å². The SMILES string of the molecule is Cc1ccc(C)c(N2CCN(c3ccnc(SCC(=O)NCc4ccccc4Cl)n3)CC2)c1. The second kappa shape index (κ2) is 10.9. The Kier molecular flexibility index (Phi) is 7.73. The molecular formula is C25H28ClN5OS. The van der Waals surface area contributed by atoms with Gasteiger partial charge in [-0.25, -0.2) is 9.97 Å². The molecule has 172 valence electrons. The van der Waals surface area contributed by atoms with E-state index in [1.165, 1.54) is 28.6 Å². The van der Waals surface area contributed by atoms with Crippen molar-refractivity contribution < 1.29 is 4.79 Å². The molecule has 3 aromatic rings. The molecule has 0 unspecified atom stereocenters. The van der Waals surface area contributed by atoms with E-state index in [0.29, 0.717) is 16.7 Å². The molecule has 1 amide bonds. The van der Waals surface area contributed by atoms with Crippen LogP contribution >= 0.6 is 23.4 Å². The predicted molar refractivity (Wildman–Crippen MR) is 136 cm³/mol. The first-order chi connectivity index (χ1) is 16.0. The zero-order chi connectivity index (χ0) is 23.2. The lowest BCUT2D eigenvalue weighted by Gasteiger charge is -2.37. The Bertz CT molecular complexity index is 1120. The fourth-order valence-electron chi connectivity index (χ4n) is 3.83. The number of rotatable bonds is 7. The number of anilines is 2. The molecule has 4 rings (SSSR count). The molecule has 6 nitrogen and oxygen atoms in total. The van der Waals surface area contributed by atoms with Gasteiger partial charge in [0, 0.05) is 49.6 Å². The fraction of sp³-hybridized carbons (Fsp3) is 0.320. The van der Waals surface area contributed by atoms with Crippen molar-refractivity contribution in [3.8, 4) is 0 Å². The van der Waals surface area contributed by atoms with Crippen LogP contribution in [0.3, 0.4) is 0 Å². The number of hydrogen-bond donors (Lipinski definition) is 1. The molecule has 1 saturated heterocycles. The second-order valence-electron chi connectivity index (χ2n) is 8.12. The van der Waals surface area contributed by atoms with Crippen LogP contribution < -0.4 is 15.1 Å². The van der Waals surface area contributed by atoms with Crippen molar-refractivity contribution in [1.82, 2.24) is 15.3 Å². The van der Waals surface area contributed by atoms with E-state index in [4.69, 9.17) is 11.6 Å². The fourth-order valence-corrected chi connectivity index (χ4v) is 4.69. The number of carbonyl (C=O) groups excluding carboxylic acids is 1. The highest BCUT2D eigenvalue weighted by Crippen LogP contribution is 2.25. The van der Waals surface area contributed by atoms with Gasteiger partial charge < -0.3 is 15.1 Å². The van der Waals surface area contributed by atoms with E-state index < -0.39 is 0 Å². The summed E-state index contributed by atoms with van der Waals surface area (Å²) in [6.45, 7) is 8.39. The lowest BCUT2D eigenvalue weighted by Crippen LogP contribution is -2.47. The molecule has 8 heteroatoms. The standard InChI is InChI=1S/C25H28ClN5OS/c1-18-7-8-19(2)22(15-18)30-11-13-31(14-12-30)23-9-10-27-25(29-23)33-17-24(32)28-16-20-5-3-4-6-21(20)26/h3-10,15H,11-14,16-17H2,1-2H3,(H,28,32). The summed E-state index contributed by atoms with van der Waals surface area (Å²) in [6, 6.07) is 16.1. The number of nitrogens with zero attached hydrogens (tertiary/aromatic N) is 4. The normalized spacial score (nSPS) is 13.8. The lowest BCUT2D eigenvalue weighted by molar-refractivity contribution is -0.118. The first-order valence-corrected chi connectivity index (χ1v) is 12.4. The molecule has 0 spiro atoms. The molecule has 1 fully saturated rings. The van der Waals surface area contributed by atoms with Crippen molar-refractivity contribution in [2.75, 3.05) is 41.7 Å². The molecular weight excluding hydrogens is 454 g/mol. The molecule has 0 atom stereocenters. The number of nitrogens with one attached hydrogen (secondary N) is 1. The van der Waals surface area contributed by atoms with E-state index in [9.17, 15) is 4.79 Å². The highest BCUT2D eigenvalue weighted by atomic mass is 35.5. The van der Waals surface area contributed by atoms with Gasteiger partial charge in [0.1, 0.15) is 5.82 Å². The molecule has 1 aromatic heterocycles. The van der Waals surface area contributed by atoms with Crippen LogP contribution in [0.4, 0.5) is 11.5 Å². The highest BCUT2D eigenvalue weighted by molar-refractivity contribution is 7.99. The molecule has 1 aliphatic rings. The molecule has 33 heavy (non-hydrogen) atoms. The number of aryl methyl sites for hydroxylation is 2. The van der Waals surface area contributed by atoms with Gasteiger partial charge in [-0.1, -0.05) is 53.7 Å². The Morgan fingerprint density at radius 1 is 1.06 bits per heavy atom. The number of amides is 1. The molecule has 0 radical (unpaired) electrons. The quantitative estimate of drug-likeness (QED) is 0.396. The van der Waals surface area contributed by atoms with Crippen LogP contribution in [0.1, 0.15) is 16.7 Å². The van der Waals surface area contributed by atoms with Crippen LogP contribution in [0, 0.1) is 13.8 Å². The first-order valence-electron chi connectivity index (χ1n) is 11.0. The van der Waals surface area contributed by atoms with E-state index in [2.05, 4.69) is 57.1 Å². The Morgan fingerprint density at radius 3 is 2.61 bits per heavy atom. The van der Waals surface area contributed by atoms with Gasteiger partial charge in [0.05, 0.1) is 5.75 Å². The maximum Gasteiger partial charge on any atom is 0.230 e. The topological polar surface area (TPSA) is 61.4 Å². The summed E-state index contributed by atoms with van der Waals surface area (Å²) in [6.07, 6.45) is 1.77. The maximum absolute atomic E-state index is 12.3. The summed E-state index contributed by atoms with van der Waals surface area (Å²) in [5.74, 6) is 1.09. The van der Waals surface area contributed by atoms with Gasteiger partial charge in [-0.2, -0.15) is 0 Å². The van der Waals surface area contributed by atoms with Crippen molar-refractivity contribution in [1.29, 1.82) is 0 Å². The Hall–Kier alpha value is -2.77. The highest BCUT2D eigenvalue weighted by Gasteiger charge is 2.20. The summed E-state index contributed by atoms with van der Waals surface area (Å²) < 4.78 is 0. The third-order valence-corrected chi connectivity index (χ3v) is 6.92. The first kappa shape index (κ1) is 23.4. The van der Waals surface area contributed by atoms with Gasteiger partial charge in [-0.05, 0) is 48.7 Å². The molecule has 0 saturated carbocycles.